The Morgan fingerprint density at radius 2 is 1.57 bits per heavy atom. The van der Waals surface area contributed by atoms with Crippen LogP contribution < -0.4 is 11.3 Å². The van der Waals surface area contributed by atoms with Crippen LogP contribution in [-0.2, 0) is 0 Å². The summed E-state index contributed by atoms with van der Waals surface area (Å²) in [6, 6.07) is 0.473. The summed E-state index contributed by atoms with van der Waals surface area (Å²) in [5.41, 5.74) is 3.32. The van der Waals surface area contributed by atoms with Gasteiger partial charge >= 0.3 is 0 Å². The van der Waals surface area contributed by atoms with E-state index in [1.165, 1.54) is 38.5 Å². The third-order valence-electron chi connectivity index (χ3n) is 3.48. The van der Waals surface area contributed by atoms with E-state index < -0.39 is 0 Å². The second kappa shape index (κ2) is 5.13. The summed E-state index contributed by atoms with van der Waals surface area (Å²) in [6.07, 6.45) is 8.31. The van der Waals surface area contributed by atoms with Gasteiger partial charge in [0.15, 0.2) is 0 Å². The van der Waals surface area contributed by atoms with Crippen LogP contribution in [0, 0.1) is 11.3 Å². The topological polar surface area (TPSA) is 38.0 Å². The number of nitrogens with two attached hydrogens (primary N) is 1. The van der Waals surface area contributed by atoms with Crippen LogP contribution >= 0.6 is 0 Å². The number of hydrogen-bond acceptors (Lipinski definition) is 2. The molecule has 2 nitrogen and oxygen atoms in total. The monoisotopic (exact) mass is 198 g/mol. The Hall–Kier alpha value is -0.0800. The van der Waals surface area contributed by atoms with Gasteiger partial charge < -0.3 is 0 Å². The summed E-state index contributed by atoms with van der Waals surface area (Å²) in [6.45, 7) is 6.84. The molecule has 0 aromatic heterocycles. The Bertz CT molecular complexity index is 152. The van der Waals surface area contributed by atoms with Crippen LogP contribution in [-0.4, -0.2) is 6.04 Å². The predicted molar refractivity (Wildman–Crippen MR) is 61.8 cm³/mol. The van der Waals surface area contributed by atoms with E-state index in [0.717, 1.165) is 5.92 Å². The van der Waals surface area contributed by atoms with Gasteiger partial charge in [0.25, 0.3) is 0 Å². The van der Waals surface area contributed by atoms with Gasteiger partial charge in [-0.1, -0.05) is 46.5 Å². The molecule has 2 heteroatoms. The lowest BCUT2D eigenvalue weighted by Crippen LogP contribution is -2.49. The zero-order chi connectivity index (χ0) is 10.6. The number of hydrazine groups is 1. The summed E-state index contributed by atoms with van der Waals surface area (Å²) >= 11 is 0. The predicted octanol–water partition coefficient (Wildman–Crippen LogP) is 2.83. The van der Waals surface area contributed by atoms with Crippen LogP contribution in [0.4, 0.5) is 0 Å². The maximum atomic E-state index is 5.69. The lowest BCUT2D eigenvalue weighted by Gasteiger charge is -2.36. The van der Waals surface area contributed by atoms with E-state index in [4.69, 9.17) is 5.84 Å². The van der Waals surface area contributed by atoms with Gasteiger partial charge in [0, 0.05) is 6.04 Å². The maximum Gasteiger partial charge on any atom is 0.0287 e. The zero-order valence-electron chi connectivity index (χ0n) is 9.97. The molecule has 1 aliphatic rings. The first-order valence-electron chi connectivity index (χ1n) is 6.02. The van der Waals surface area contributed by atoms with Crippen LogP contribution in [0.1, 0.15) is 59.3 Å². The molecule has 1 fully saturated rings. The highest BCUT2D eigenvalue weighted by atomic mass is 15.2. The molecule has 1 aliphatic carbocycles. The van der Waals surface area contributed by atoms with E-state index in [1.54, 1.807) is 0 Å². The molecule has 0 heterocycles. The van der Waals surface area contributed by atoms with Crippen LogP contribution in [0.15, 0.2) is 0 Å². The molecule has 0 aromatic rings. The lowest BCUT2D eigenvalue weighted by atomic mass is 9.76. The number of rotatable bonds is 2. The van der Waals surface area contributed by atoms with Gasteiger partial charge in [-0.2, -0.15) is 0 Å². The van der Waals surface area contributed by atoms with Gasteiger partial charge in [0.05, 0.1) is 0 Å². The molecule has 0 bridgehead atoms. The molecular weight excluding hydrogens is 172 g/mol. The first-order valence-corrected chi connectivity index (χ1v) is 6.02. The summed E-state index contributed by atoms with van der Waals surface area (Å²) in [7, 11) is 0. The lowest BCUT2D eigenvalue weighted by molar-refractivity contribution is 0.179. The first kappa shape index (κ1) is 12.0. The fourth-order valence-corrected chi connectivity index (χ4v) is 2.74. The van der Waals surface area contributed by atoms with Gasteiger partial charge in [-0.15, -0.1) is 0 Å². The molecule has 84 valence electrons. The normalized spacial score (nSPS) is 23.1. The largest absolute Gasteiger partial charge is 0.271 e. The molecule has 0 amide bonds. The molecule has 0 aromatic carbocycles. The highest BCUT2D eigenvalue weighted by Crippen LogP contribution is 2.33. The Morgan fingerprint density at radius 1 is 1.07 bits per heavy atom. The van der Waals surface area contributed by atoms with Crippen molar-refractivity contribution in [2.24, 2.45) is 17.2 Å². The highest BCUT2D eigenvalue weighted by molar-refractivity contribution is 4.86. The Kier molecular flexibility index (Phi) is 4.39. The average Bonchev–Trinajstić information content (AvgIpc) is 2.31. The van der Waals surface area contributed by atoms with E-state index in [0.29, 0.717) is 6.04 Å². The van der Waals surface area contributed by atoms with E-state index in [2.05, 4.69) is 26.2 Å². The second-order valence-corrected chi connectivity index (χ2v) is 5.76. The molecular formula is C12H26N2. The molecule has 0 saturated heterocycles. The smallest absolute Gasteiger partial charge is 0.0287 e. The standard InChI is InChI=1S/C12H26N2/c1-12(2,3)11(14-13)10-8-6-4-5-7-9-10/h10-11,14H,4-9,13H2,1-3H3. The van der Waals surface area contributed by atoms with Crippen molar-refractivity contribution in [2.45, 2.75) is 65.3 Å². The average molecular weight is 198 g/mol. The van der Waals surface area contributed by atoms with Crippen molar-refractivity contribution < 1.29 is 0 Å². The first-order chi connectivity index (χ1) is 6.55. The van der Waals surface area contributed by atoms with Crippen LogP contribution in [0.25, 0.3) is 0 Å². The Labute approximate surface area is 88.6 Å². The Morgan fingerprint density at radius 3 is 1.93 bits per heavy atom. The van der Waals surface area contributed by atoms with E-state index >= 15 is 0 Å². The van der Waals surface area contributed by atoms with E-state index in [-0.39, 0.29) is 5.41 Å². The van der Waals surface area contributed by atoms with E-state index in [9.17, 15) is 0 Å². The van der Waals surface area contributed by atoms with Gasteiger partial charge in [-0.3, -0.25) is 11.3 Å². The van der Waals surface area contributed by atoms with Crippen molar-refractivity contribution in [3.05, 3.63) is 0 Å². The van der Waals surface area contributed by atoms with Gasteiger partial charge in [0.2, 0.25) is 0 Å². The van der Waals surface area contributed by atoms with Crippen LogP contribution in [0.3, 0.4) is 0 Å². The number of hydrogen-bond donors (Lipinski definition) is 2. The summed E-state index contributed by atoms with van der Waals surface area (Å²) in [4.78, 5) is 0. The summed E-state index contributed by atoms with van der Waals surface area (Å²) < 4.78 is 0. The van der Waals surface area contributed by atoms with Crippen molar-refractivity contribution in [2.75, 3.05) is 0 Å². The maximum absolute atomic E-state index is 5.69. The van der Waals surface area contributed by atoms with Gasteiger partial charge in [0.1, 0.15) is 0 Å². The molecule has 1 unspecified atom stereocenters. The SMILES string of the molecule is CC(C)(C)C(NN)C1CCCCCC1. The fraction of sp³-hybridized carbons (Fsp3) is 1.00. The molecule has 1 rings (SSSR count). The molecule has 3 N–H and O–H groups in total. The third kappa shape index (κ3) is 3.25. The van der Waals surface area contributed by atoms with Crippen molar-refractivity contribution in [1.82, 2.24) is 5.43 Å². The zero-order valence-corrected chi connectivity index (χ0v) is 9.97. The van der Waals surface area contributed by atoms with E-state index in [1.807, 2.05) is 0 Å². The minimum atomic E-state index is 0.282. The van der Waals surface area contributed by atoms with Crippen molar-refractivity contribution >= 4 is 0 Å². The van der Waals surface area contributed by atoms with Crippen molar-refractivity contribution in [3.63, 3.8) is 0 Å². The minimum absolute atomic E-state index is 0.282. The molecule has 1 saturated carbocycles. The molecule has 0 radical (unpaired) electrons. The van der Waals surface area contributed by atoms with Gasteiger partial charge in [-0.25, -0.2) is 0 Å². The number of nitrogens with one attached hydrogen (secondary N) is 1. The minimum Gasteiger partial charge on any atom is -0.271 e. The van der Waals surface area contributed by atoms with Crippen molar-refractivity contribution in [3.8, 4) is 0 Å². The summed E-state index contributed by atoms with van der Waals surface area (Å²) in [5.74, 6) is 6.47. The third-order valence-corrected chi connectivity index (χ3v) is 3.48. The molecule has 0 aliphatic heterocycles. The summed E-state index contributed by atoms with van der Waals surface area (Å²) in [5, 5.41) is 0. The highest BCUT2D eigenvalue weighted by Gasteiger charge is 2.31. The van der Waals surface area contributed by atoms with Crippen LogP contribution in [0.2, 0.25) is 0 Å². The van der Waals surface area contributed by atoms with Crippen LogP contribution in [0.5, 0.6) is 0 Å². The molecule has 0 spiro atoms. The fourth-order valence-electron chi connectivity index (χ4n) is 2.74. The molecule has 1 atom stereocenters. The quantitative estimate of drug-likeness (QED) is 0.407. The Balaban J connectivity index is 2.58. The molecule has 14 heavy (non-hydrogen) atoms. The van der Waals surface area contributed by atoms with Crippen molar-refractivity contribution in [1.29, 1.82) is 0 Å². The second-order valence-electron chi connectivity index (χ2n) is 5.76. The van der Waals surface area contributed by atoms with Gasteiger partial charge in [-0.05, 0) is 24.2 Å².